The highest BCUT2D eigenvalue weighted by Crippen LogP contribution is 2.22. The van der Waals surface area contributed by atoms with E-state index in [1.54, 1.807) is 12.4 Å². The summed E-state index contributed by atoms with van der Waals surface area (Å²) in [6.07, 6.45) is 6.66. The third-order valence-electron chi connectivity index (χ3n) is 6.36. The molecule has 2 fully saturated rings. The molecule has 0 saturated carbocycles. The quantitative estimate of drug-likeness (QED) is 0.681. The number of nitrogens with one attached hydrogen (secondary N) is 1. The molecule has 0 bridgehead atoms. The maximum Gasteiger partial charge on any atom is 0.236 e. The van der Waals surface area contributed by atoms with Crippen LogP contribution in [0, 0.1) is 5.92 Å². The van der Waals surface area contributed by atoms with Gasteiger partial charge in [0.1, 0.15) is 5.82 Å². The topological polar surface area (TPSA) is 81.2 Å². The molecule has 1 N–H and O–H groups in total. The SMILES string of the molecule is O=C(CN1CCN(c2ncccn2)CC1)N1CCCC(Cc2nc3ccccc3[nH]2)C1. The molecule has 162 valence electrons. The van der Waals surface area contributed by atoms with Crippen molar-refractivity contribution in [2.24, 2.45) is 5.92 Å². The van der Waals surface area contributed by atoms with Crippen LogP contribution in [0.1, 0.15) is 18.7 Å². The van der Waals surface area contributed by atoms with Gasteiger partial charge in [-0.3, -0.25) is 9.69 Å². The zero-order valence-corrected chi connectivity index (χ0v) is 17.8. The van der Waals surface area contributed by atoms with Crippen LogP contribution in [0.25, 0.3) is 11.0 Å². The standard InChI is InChI=1S/C23H29N7O/c31-22(17-28-11-13-29(14-12-28)23-24-8-4-9-25-23)30-10-3-5-18(16-30)15-21-26-19-6-1-2-7-20(19)27-21/h1-2,4,6-9,18H,3,5,10-17H2,(H,26,27). The highest BCUT2D eigenvalue weighted by atomic mass is 16.2. The van der Waals surface area contributed by atoms with E-state index in [0.717, 1.165) is 81.3 Å². The van der Waals surface area contributed by atoms with Crippen molar-refractivity contribution in [3.05, 3.63) is 48.5 Å². The zero-order chi connectivity index (χ0) is 21.0. The number of nitrogens with zero attached hydrogens (tertiary/aromatic N) is 6. The van der Waals surface area contributed by atoms with Crippen molar-refractivity contribution in [2.75, 3.05) is 50.7 Å². The number of rotatable bonds is 5. The number of aromatic amines is 1. The van der Waals surface area contributed by atoms with Crippen molar-refractivity contribution >= 4 is 22.9 Å². The van der Waals surface area contributed by atoms with Crippen molar-refractivity contribution in [3.8, 4) is 0 Å². The van der Waals surface area contributed by atoms with Crippen LogP contribution in [0.4, 0.5) is 5.95 Å². The minimum absolute atomic E-state index is 0.249. The Morgan fingerprint density at radius 3 is 2.65 bits per heavy atom. The smallest absolute Gasteiger partial charge is 0.236 e. The normalized spacial score (nSPS) is 20.3. The van der Waals surface area contributed by atoms with Crippen LogP contribution in [0.2, 0.25) is 0 Å². The zero-order valence-electron chi connectivity index (χ0n) is 17.8. The molecule has 3 aromatic rings. The lowest BCUT2D eigenvalue weighted by molar-refractivity contribution is -0.134. The monoisotopic (exact) mass is 419 g/mol. The van der Waals surface area contributed by atoms with E-state index in [1.807, 2.05) is 24.3 Å². The second-order valence-corrected chi connectivity index (χ2v) is 8.56. The van der Waals surface area contributed by atoms with Gasteiger partial charge in [0.15, 0.2) is 0 Å². The molecular weight excluding hydrogens is 390 g/mol. The van der Waals surface area contributed by atoms with Crippen LogP contribution in [0.3, 0.4) is 0 Å². The number of carbonyl (C=O) groups excluding carboxylic acids is 1. The first kappa shape index (κ1) is 19.9. The molecule has 0 aliphatic carbocycles. The molecule has 31 heavy (non-hydrogen) atoms. The van der Waals surface area contributed by atoms with E-state index in [9.17, 15) is 4.79 Å². The van der Waals surface area contributed by atoms with E-state index >= 15 is 0 Å². The van der Waals surface area contributed by atoms with Crippen molar-refractivity contribution in [1.82, 2.24) is 29.7 Å². The second-order valence-electron chi connectivity index (χ2n) is 8.56. The largest absolute Gasteiger partial charge is 0.342 e. The number of hydrogen-bond acceptors (Lipinski definition) is 6. The Morgan fingerprint density at radius 1 is 1.03 bits per heavy atom. The fourth-order valence-electron chi connectivity index (χ4n) is 4.69. The molecular formula is C23H29N7O. The van der Waals surface area contributed by atoms with Gasteiger partial charge >= 0.3 is 0 Å². The van der Waals surface area contributed by atoms with E-state index < -0.39 is 0 Å². The van der Waals surface area contributed by atoms with Crippen LogP contribution in [-0.4, -0.2) is 81.5 Å². The average molecular weight is 420 g/mol. The van der Waals surface area contributed by atoms with Gasteiger partial charge in [-0.2, -0.15) is 0 Å². The number of para-hydroxylation sites is 2. The Balaban J connectivity index is 1.12. The molecule has 5 rings (SSSR count). The lowest BCUT2D eigenvalue weighted by Gasteiger charge is -2.37. The van der Waals surface area contributed by atoms with Crippen LogP contribution >= 0.6 is 0 Å². The molecule has 8 nitrogen and oxygen atoms in total. The highest BCUT2D eigenvalue weighted by molar-refractivity contribution is 5.78. The number of fused-ring (bicyclic) bond motifs is 1. The van der Waals surface area contributed by atoms with E-state index in [0.29, 0.717) is 12.5 Å². The summed E-state index contributed by atoms with van der Waals surface area (Å²) in [5, 5.41) is 0. The minimum Gasteiger partial charge on any atom is -0.342 e. The molecule has 2 aliphatic heterocycles. The van der Waals surface area contributed by atoms with Crippen LogP contribution in [0.15, 0.2) is 42.7 Å². The second kappa shape index (κ2) is 9.01. The molecule has 1 unspecified atom stereocenters. The van der Waals surface area contributed by atoms with Gasteiger partial charge < -0.3 is 14.8 Å². The van der Waals surface area contributed by atoms with Gasteiger partial charge in [0, 0.05) is 58.1 Å². The summed E-state index contributed by atoms with van der Waals surface area (Å²) >= 11 is 0. The molecule has 4 heterocycles. The number of H-pyrrole nitrogens is 1. The Labute approximate surface area is 182 Å². The maximum atomic E-state index is 13.0. The number of piperidine rings is 1. The van der Waals surface area contributed by atoms with Gasteiger partial charge in [-0.1, -0.05) is 12.1 Å². The number of piperazine rings is 1. The number of anilines is 1. The van der Waals surface area contributed by atoms with Crippen molar-refractivity contribution in [2.45, 2.75) is 19.3 Å². The van der Waals surface area contributed by atoms with Gasteiger partial charge in [0.2, 0.25) is 11.9 Å². The van der Waals surface area contributed by atoms with Gasteiger partial charge in [-0.05, 0) is 37.0 Å². The molecule has 0 radical (unpaired) electrons. The molecule has 2 saturated heterocycles. The lowest BCUT2D eigenvalue weighted by atomic mass is 9.94. The molecule has 1 amide bonds. The fourth-order valence-corrected chi connectivity index (χ4v) is 4.69. The first-order valence-electron chi connectivity index (χ1n) is 11.2. The average Bonchev–Trinajstić information content (AvgIpc) is 3.22. The van der Waals surface area contributed by atoms with E-state index in [-0.39, 0.29) is 5.91 Å². The van der Waals surface area contributed by atoms with Gasteiger partial charge in [-0.15, -0.1) is 0 Å². The molecule has 1 atom stereocenters. The summed E-state index contributed by atoms with van der Waals surface area (Å²) in [6.45, 7) is 5.63. The van der Waals surface area contributed by atoms with Crippen LogP contribution < -0.4 is 4.90 Å². The van der Waals surface area contributed by atoms with E-state index in [2.05, 4.69) is 35.7 Å². The number of benzene rings is 1. The fraction of sp³-hybridized carbons (Fsp3) is 0.478. The predicted molar refractivity (Wildman–Crippen MR) is 120 cm³/mol. The van der Waals surface area contributed by atoms with Crippen molar-refractivity contribution in [3.63, 3.8) is 0 Å². The van der Waals surface area contributed by atoms with Crippen LogP contribution in [-0.2, 0) is 11.2 Å². The summed E-state index contributed by atoms with van der Waals surface area (Å²) in [7, 11) is 0. The van der Waals surface area contributed by atoms with E-state index in [1.165, 1.54) is 0 Å². The Bertz CT molecular complexity index is 980. The summed E-state index contributed by atoms with van der Waals surface area (Å²) in [4.78, 5) is 36.3. The third-order valence-corrected chi connectivity index (χ3v) is 6.36. The number of imidazole rings is 1. The number of hydrogen-bond donors (Lipinski definition) is 1. The molecule has 2 aromatic heterocycles. The Hall–Kier alpha value is -3.00. The van der Waals surface area contributed by atoms with Crippen LogP contribution in [0.5, 0.6) is 0 Å². The molecule has 8 heteroatoms. The first-order chi connectivity index (χ1) is 15.2. The van der Waals surface area contributed by atoms with Gasteiger partial charge in [0.25, 0.3) is 0 Å². The number of likely N-dealkylation sites (tertiary alicyclic amines) is 1. The Morgan fingerprint density at radius 2 is 1.84 bits per heavy atom. The van der Waals surface area contributed by atoms with E-state index in [4.69, 9.17) is 4.98 Å². The summed E-state index contributed by atoms with van der Waals surface area (Å²) in [5.74, 6) is 2.52. The number of amides is 1. The molecule has 1 aromatic carbocycles. The third kappa shape index (κ3) is 4.69. The minimum atomic E-state index is 0.249. The lowest BCUT2D eigenvalue weighted by Crippen LogP contribution is -2.51. The summed E-state index contributed by atoms with van der Waals surface area (Å²) in [6, 6.07) is 9.97. The number of aromatic nitrogens is 4. The molecule has 2 aliphatic rings. The predicted octanol–water partition coefficient (Wildman–Crippen LogP) is 1.96. The summed E-state index contributed by atoms with van der Waals surface area (Å²) < 4.78 is 0. The van der Waals surface area contributed by atoms with Crippen molar-refractivity contribution in [1.29, 1.82) is 0 Å². The van der Waals surface area contributed by atoms with Gasteiger partial charge in [-0.25, -0.2) is 15.0 Å². The maximum absolute atomic E-state index is 13.0. The first-order valence-corrected chi connectivity index (χ1v) is 11.2. The van der Waals surface area contributed by atoms with Gasteiger partial charge in [0.05, 0.1) is 17.6 Å². The van der Waals surface area contributed by atoms with Crippen molar-refractivity contribution < 1.29 is 4.79 Å². The number of carbonyl (C=O) groups is 1. The summed E-state index contributed by atoms with van der Waals surface area (Å²) in [5.41, 5.74) is 2.10. The highest BCUT2D eigenvalue weighted by Gasteiger charge is 2.27. The molecule has 0 spiro atoms. The Kier molecular flexibility index (Phi) is 5.80.